The summed E-state index contributed by atoms with van der Waals surface area (Å²) in [5.41, 5.74) is 5.91. The average Bonchev–Trinajstić information content (AvgIpc) is 2.83. The van der Waals surface area contributed by atoms with Gasteiger partial charge in [-0.25, -0.2) is 9.59 Å². The number of aryl methyl sites for hydroxylation is 2. The van der Waals surface area contributed by atoms with Crippen LogP contribution in [0.3, 0.4) is 0 Å². The summed E-state index contributed by atoms with van der Waals surface area (Å²) in [7, 11) is 0. The van der Waals surface area contributed by atoms with Gasteiger partial charge in [0.05, 0.1) is 12.2 Å². The van der Waals surface area contributed by atoms with Gasteiger partial charge in [0, 0.05) is 34.3 Å². The molecule has 166 valence electrons. The standard InChI is InChI=1S/C26H27NO5/c1-3-12-30-25(28)17-8-10-19(11-9-17)27-14-18-13-22-20-6-4-5-7-21(20)26(29)32-24(22)16(2)23(18)31-15-27/h8-11,13H,3-7,12,14-15H2,1-2H3. The van der Waals surface area contributed by atoms with Crippen molar-refractivity contribution < 1.29 is 18.7 Å². The summed E-state index contributed by atoms with van der Waals surface area (Å²) < 4.78 is 17.1. The topological polar surface area (TPSA) is 69.0 Å². The molecule has 0 radical (unpaired) electrons. The van der Waals surface area contributed by atoms with Crippen LogP contribution in [-0.4, -0.2) is 19.3 Å². The molecular formula is C26H27NO5. The number of carbonyl (C=O) groups is 1. The molecule has 6 heteroatoms. The van der Waals surface area contributed by atoms with Crippen LogP contribution in [0, 0.1) is 6.92 Å². The normalized spacial score (nSPS) is 15.1. The van der Waals surface area contributed by atoms with Gasteiger partial charge >= 0.3 is 11.6 Å². The molecule has 0 unspecified atom stereocenters. The van der Waals surface area contributed by atoms with Gasteiger partial charge in [0.25, 0.3) is 0 Å². The van der Waals surface area contributed by atoms with Crippen molar-refractivity contribution >= 4 is 22.6 Å². The van der Waals surface area contributed by atoms with E-state index in [4.69, 9.17) is 13.9 Å². The van der Waals surface area contributed by atoms with Crippen LogP contribution in [0.5, 0.6) is 5.75 Å². The number of esters is 1. The molecule has 3 aromatic rings. The lowest BCUT2D eigenvalue weighted by Crippen LogP contribution is -2.32. The van der Waals surface area contributed by atoms with Crippen molar-refractivity contribution in [1.82, 2.24) is 0 Å². The second-order valence-electron chi connectivity index (χ2n) is 8.57. The van der Waals surface area contributed by atoms with Crippen molar-refractivity contribution in [3.63, 3.8) is 0 Å². The molecule has 1 aliphatic carbocycles. The largest absolute Gasteiger partial charge is 0.472 e. The molecule has 5 rings (SSSR count). The van der Waals surface area contributed by atoms with Gasteiger partial charge in [-0.1, -0.05) is 6.92 Å². The molecule has 2 aromatic carbocycles. The Hall–Kier alpha value is -3.28. The smallest absolute Gasteiger partial charge is 0.339 e. The molecule has 0 saturated carbocycles. The predicted molar refractivity (Wildman–Crippen MR) is 123 cm³/mol. The molecule has 0 bridgehead atoms. The Morgan fingerprint density at radius 3 is 2.62 bits per heavy atom. The first kappa shape index (κ1) is 20.6. The van der Waals surface area contributed by atoms with Gasteiger partial charge in [0.15, 0.2) is 6.73 Å². The van der Waals surface area contributed by atoms with Gasteiger partial charge in [0.1, 0.15) is 11.3 Å². The Balaban J connectivity index is 1.47. The van der Waals surface area contributed by atoms with Crippen LogP contribution in [0.25, 0.3) is 11.0 Å². The fourth-order valence-corrected chi connectivity index (χ4v) is 4.75. The molecule has 2 heterocycles. The molecule has 0 N–H and O–H groups in total. The minimum absolute atomic E-state index is 0.203. The molecule has 0 atom stereocenters. The summed E-state index contributed by atoms with van der Waals surface area (Å²) in [5, 5.41) is 1.04. The molecule has 0 saturated heterocycles. The highest BCUT2D eigenvalue weighted by molar-refractivity contribution is 5.90. The van der Waals surface area contributed by atoms with E-state index in [0.29, 0.717) is 31.0 Å². The fourth-order valence-electron chi connectivity index (χ4n) is 4.75. The van der Waals surface area contributed by atoms with Gasteiger partial charge in [-0.15, -0.1) is 0 Å². The van der Waals surface area contributed by atoms with E-state index in [1.807, 2.05) is 26.0 Å². The number of hydrogen-bond acceptors (Lipinski definition) is 6. The van der Waals surface area contributed by atoms with Crippen LogP contribution in [0.1, 0.15) is 58.8 Å². The maximum Gasteiger partial charge on any atom is 0.339 e. The monoisotopic (exact) mass is 433 g/mol. The van der Waals surface area contributed by atoms with Crippen LogP contribution in [0.4, 0.5) is 5.69 Å². The van der Waals surface area contributed by atoms with Crippen molar-refractivity contribution in [3.05, 3.63) is 68.6 Å². The third kappa shape index (κ3) is 3.53. The molecular weight excluding hydrogens is 406 g/mol. The Morgan fingerprint density at radius 1 is 1.12 bits per heavy atom. The zero-order valence-electron chi connectivity index (χ0n) is 18.5. The molecule has 0 fully saturated rings. The SMILES string of the molecule is CCCOC(=O)c1ccc(N2COc3c(cc4c5c(c(=O)oc4c3C)CCCC5)C2)cc1. The maximum atomic E-state index is 12.5. The quantitative estimate of drug-likeness (QED) is 0.430. The number of fused-ring (bicyclic) bond motifs is 4. The number of carbonyl (C=O) groups excluding carboxylic acids is 1. The Bertz CT molecular complexity index is 1240. The Labute approximate surface area is 186 Å². The van der Waals surface area contributed by atoms with Gasteiger partial charge in [-0.05, 0) is 74.9 Å². The zero-order valence-corrected chi connectivity index (χ0v) is 18.5. The molecule has 0 spiro atoms. The molecule has 1 aliphatic heterocycles. The van der Waals surface area contributed by atoms with Crippen molar-refractivity contribution in [1.29, 1.82) is 0 Å². The Morgan fingerprint density at radius 2 is 1.88 bits per heavy atom. The molecule has 6 nitrogen and oxygen atoms in total. The van der Waals surface area contributed by atoms with E-state index in [9.17, 15) is 9.59 Å². The van der Waals surface area contributed by atoms with Crippen LogP contribution in [0.15, 0.2) is 39.5 Å². The van der Waals surface area contributed by atoms with Gasteiger partial charge < -0.3 is 18.8 Å². The van der Waals surface area contributed by atoms with E-state index in [0.717, 1.165) is 71.2 Å². The molecule has 1 aromatic heterocycles. The highest BCUT2D eigenvalue weighted by Crippen LogP contribution is 2.38. The van der Waals surface area contributed by atoms with Crippen LogP contribution in [-0.2, 0) is 24.1 Å². The van der Waals surface area contributed by atoms with E-state index >= 15 is 0 Å². The summed E-state index contributed by atoms with van der Waals surface area (Å²) in [4.78, 5) is 26.7. The second kappa shape index (κ2) is 8.34. The fraction of sp³-hybridized carbons (Fsp3) is 0.385. The zero-order chi connectivity index (χ0) is 22.2. The van der Waals surface area contributed by atoms with Gasteiger partial charge in [0.2, 0.25) is 0 Å². The van der Waals surface area contributed by atoms with E-state index in [-0.39, 0.29) is 11.6 Å². The number of nitrogens with zero attached hydrogens (tertiary/aromatic N) is 1. The third-order valence-corrected chi connectivity index (χ3v) is 6.40. The minimum Gasteiger partial charge on any atom is -0.472 e. The molecule has 2 aliphatic rings. The predicted octanol–water partition coefficient (Wildman–Crippen LogP) is 4.90. The second-order valence-corrected chi connectivity index (χ2v) is 8.57. The molecule has 32 heavy (non-hydrogen) atoms. The van der Waals surface area contributed by atoms with Gasteiger partial charge in [-0.3, -0.25) is 0 Å². The van der Waals surface area contributed by atoms with E-state index < -0.39 is 0 Å². The first-order valence-corrected chi connectivity index (χ1v) is 11.3. The maximum absolute atomic E-state index is 12.5. The minimum atomic E-state index is -0.299. The number of anilines is 1. The summed E-state index contributed by atoms with van der Waals surface area (Å²) >= 11 is 0. The lowest BCUT2D eigenvalue weighted by atomic mass is 9.89. The first-order valence-electron chi connectivity index (χ1n) is 11.3. The summed E-state index contributed by atoms with van der Waals surface area (Å²) in [6.07, 6.45) is 4.63. The van der Waals surface area contributed by atoms with Crippen molar-refractivity contribution in [3.8, 4) is 5.75 Å². The summed E-state index contributed by atoms with van der Waals surface area (Å²) in [5.74, 6) is 0.499. The first-order chi connectivity index (χ1) is 15.6. The van der Waals surface area contributed by atoms with Crippen molar-refractivity contribution in [2.24, 2.45) is 0 Å². The van der Waals surface area contributed by atoms with Crippen molar-refractivity contribution in [2.75, 3.05) is 18.2 Å². The average molecular weight is 434 g/mol. The third-order valence-electron chi connectivity index (χ3n) is 6.40. The lowest BCUT2D eigenvalue weighted by molar-refractivity contribution is 0.0505. The molecule has 0 amide bonds. The number of rotatable bonds is 4. The summed E-state index contributed by atoms with van der Waals surface area (Å²) in [6.45, 7) is 5.42. The van der Waals surface area contributed by atoms with E-state index in [2.05, 4.69) is 11.0 Å². The van der Waals surface area contributed by atoms with Crippen LogP contribution >= 0.6 is 0 Å². The Kier molecular flexibility index (Phi) is 5.37. The lowest BCUT2D eigenvalue weighted by Gasteiger charge is -2.32. The highest BCUT2D eigenvalue weighted by Gasteiger charge is 2.26. The van der Waals surface area contributed by atoms with Gasteiger partial charge in [-0.2, -0.15) is 0 Å². The number of ether oxygens (including phenoxy) is 2. The van der Waals surface area contributed by atoms with Crippen LogP contribution in [0.2, 0.25) is 0 Å². The van der Waals surface area contributed by atoms with Crippen molar-refractivity contribution in [2.45, 2.75) is 52.5 Å². The van der Waals surface area contributed by atoms with Crippen LogP contribution < -0.4 is 15.3 Å². The summed E-state index contributed by atoms with van der Waals surface area (Å²) in [6, 6.07) is 9.56. The number of hydrogen-bond donors (Lipinski definition) is 0. The highest BCUT2D eigenvalue weighted by atomic mass is 16.5. The number of benzene rings is 2. The van der Waals surface area contributed by atoms with E-state index in [1.165, 1.54) is 0 Å². The van der Waals surface area contributed by atoms with E-state index in [1.54, 1.807) is 12.1 Å².